The second kappa shape index (κ2) is 4.53. The maximum Gasteiger partial charge on any atom is 0.277 e. The van der Waals surface area contributed by atoms with E-state index in [0.717, 1.165) is 5.56 Å². The van der Waals surface area contributed by atoms with Crippen molar-refractivity contribution in [2.24, 2.45) is 0 Å². The number of pyridine rings is 1. The molecule has 18 heavy (non-hydrogen) atoms. The fourth-order valence-corrected chi connectivity index (χ4v) is 1.95. The summed E-state index contributed by atoms with van der Waals surface area (Å²) in [6.07, 6.45) is 1.63. The summed E-state index contributed by atoms with van der Waals surface area (Å²) in [5.74, 6) is 1.40. The summed E-state index contributed by atoms with van der Waals surface area (Å²) in [4.78, 5) is 12.4. The molecule has 90 valence electrons. The standard InChI is InChI=1S/C11H8N4O2S/c1-16-9-4-7(2-3-12-9)10-14-11(17-15-10)8-5-18-6-13-8/h2-6H,1H3. The van der Waals surface area contributed by atoms with E-state index in [9.17, 15) is 0 Å². The smallest absolute Gasteiger partial charge is 0.277 e. The molecular weight excluding hydrogens is 252 g/mol. The quantitative estimate of drug-likeness (QED) is 0.719. The van der Waals surface area contributed by atoms with E-state index in [2.05, 4.69) is 20.1 Å². The van der Waals surface area contributed by atoms with Crippen LogP contribution in [0.15, 0.2) is 33.7 Å². The van der Waals surface area contributed by atoms with E-state index in [1.165, 1.54) is 11.3 Å². The minimum Gasteiger partial charge on any atom is -0.481 e. The molecule has 0 atom stereocenters. The van der Waals surface area contributed by atoms with Crippen molar-refractivity contribution in [2.75, 3.05) is 7.11 Å². The predicted octanol–water partition coefficient (Wildman–Crippen LogP) is 2.26. The van der Waals surface area contributed by atoms with Crippen molar-refractivity contribution in [3.8, 4) is 28.9 Å². The molecule has 0 saturated heterocycles. The Balaban J connectivity index is 1.97. The van der Waals surface area contributed by atoms with Gasteiger partial charge < -0.3 is 9.26 Å². The van der Waals surface area contributed by atoms with E-state index in [1.54, 1.807) is 30.9 Å². The molecule has 7 heteroatoms. The maximum absolute atomic E-state index is 5.16. The Morgan fingerprint density at radius 3 is 3.06 bits per heavy atom. The fourth-order valence-electron chi connectivity index (χ4n) is 1.42. The third-order valence-electron chi connectivity index (χ3n) is 2.28. The minimum atomic E-state index is 0.405. The Labute approximate surface area is 106 Å². The van der Waals surface area contributed by atoms with Gasteiger partial charge in [-0.2, -0.15) is 4.98 Å². The summed E-state index contributed by atoms with van der Waals surface area (Å²) in [7, 11) is 1.56. The van der Waals surface area contributed by atoms with Gasteiger partial charge in [-0.05, 0) is 6.07 Å². The first kappa shape index (κ1) is 10.8. The molecule has 0 aliphatic carbocycles. The second-order valence-corrected chi connectivity index (χ2v) is 4.10. The number of hydrogen-bond acceptors (Lipinski definition) is 7. The molecule has 0 aliphatic rings. The van der Waals surface area contributed by atoms with Crippen molar-refractivity contribution in [2.45, 2.75) is 0 Å². The van der Waals surface area contributed by atoms with Crippen molar-refractivity contribution in [1.29, 1.82) is 0 Å². The van der Waals surface area contributed by atoms with Crippen LogP contribution in [-0.4, -0.2) is 27.2 Å². The highest BCUT2D eigenvalue weighted by Gasteiger charge is 2.12. The van der Waals surface area contributed by atoms with Crippen LogP contribution in [0.1, 0.15) is 0 Å². The Morgan fingerprint density at radius 1 is 1.33 bits per heavy atom. The lowest BCUT2D eigenvalue weighted by atomic mass is 10.2. The molecule has 3 aromatic heterocycles. The van der Waals surface area contributed by atoms with Crippen molar-refractivity contribution < 1.29 is 9.26 Å². The first-order chi connectivity index (χ1) is 8.86. The number of aromatic nitrogens is 4. The molecule has 0 aliphatic heterocycles. The highest BCUT2D eigenvalue weighted by molar-refractivity contribution is 7.07. The van der Waals surface area contributed by atoms with Gasteiger partial charge in [0.25, 0.3) is 5.89 Å². The van der Waals surface area contributed by atoms with Gasteiger partial charge in [-0.1, -0.05) is 5.16 Å². The van der Waals surface area contributed by atoms with Gasteiger partial charge in [-0.15, -0.1) is 11.3 Å². The Bertz CT molecular complexity index is 651. The third kappa shape index (κ3) is 1.95. The van der Waals surface area contributed by atoms with Crippen LogP contribution in [0, 0.1) is 0 Å². The molecule has 0 amide bonds. The average molecular weight is 260 g/mol. The molecule has 0 aromatic carbocycles. The summed E-state index contributed by atoms with van der Waals surface area (Å²) in [5, 5.41) is 5.76. The van der Waals surface area contributed by atoms with Crippen LogP contribution in [0.3, 0.4) is 0 Å². The Kier molecular flexibility index (Phi) is 2.73. The van der Waals surface area contributed by atoms with E-state index in [1.807, 2.05) is 5.38 Å². The maximum atomic E-state index is 5.16. The zero-order chi connectivity index (χ0) is 12.4. The molecule has 0 saturated carbocycles. The largest absolute Gasteiger partial charge is 0.481 e. The van der Waals surface area contributed by atoms with Crippen molar-refractivity contribution >= 4 is 11.3 Å². The number of rotatable bonds is 3. The van der Waals surface area contributed by atoms with Crippen LogP contribution in [-0.2, 0) is 0 Å². The summed E-state index contributed by atoms with van der Waals surface area (Å²) >= 11 is 1.48. The second-order valence-electron chi connectivity index (χ2n) is 3.38. The van der Waals surface area contributed by atoms with Gasteiger partial charge >= 0.3 is 0 Å². The van der Waals surface area contributed by atoms with Gasteiger partial charge in [0.2, 0.25) is 11.7 Å². The topological polar surface area (TPSA) is 73.9 Å². The van der Waals surface area contributed by atoms with Gasteiger partial charge in [0.05, 0.1) is 12.6 Å². The summed E-state index contributed by atoms with van der Waals surface area (Å²) in [5.41, 5.74) is 3.18. The van der Waals surface area contributed by atoms with E-state index in [0.29, 0.717) is 23.3 Å². The number of nitrogens with zero attached hydrogens (tertiary/aromatic N) is 4. The van der Waals surface area contributed by atoms with E-state index >= 15 is 0 Å². The lowest BCUT2D eigenvalue weighted by molar-refractivity contribution is 0.398. The number of ether oxygens (including phenoxy) is 1. The monoisotopic (exact) mass is 260 g/mol. The molecule has 0 fully saturated rings. The van der Waals surface area contributed by atoms with E-state index in [-0.39, 0.29) is 0 Å². The minimum absolute atomic E-state index is 0.405. The highest BCUT2D eigenvalue weighted by Crippen LogP contribution is 2.23. The van der Waals surface area contributed by atoms with Gasteiger partial charge in [0.15, 0.2) is 0 Å². The van der Waals surface area contributed by atoms with Gasteiger partial charge in [0.1, 0.15) is 5.69 Å². The van der Waals surface area contributed by atoms with Crippen LogP contribution in [0.5, 0.6) is 5.88 Å². The van der Waals surface area contributed by atoms with Crippen LogP contribution in [0.2, 0.25) is 0 Å². The predicted molar refractivity (Wildman–Crippen MR) is 65.2 cm³/mol. The third-order valence-corrected chi connectivity index (χ3v) is 2.87. The lowest BCUT2D eigenvalue weighted by Gasteiger charge is -1.98. The van der Waals surface area contributed by atoms with Crippen LogP contribution in [0.4, 0.5) is 0 Å². The average Bonchev–Trinajstić information content (AvgIpc) is 3.09. The molecule has 0 bridgehead atoms. The Morgan fingerprint density at radius 2 is 2.28 bits per heavy atom. The molecule has 0 spiro atoms. The van der Waals surface area contributed by atoms with Gasteiger partial charge in [-0.25, -0.2) is 9.97 Å². The zero-order valence-corrected chi connectivity index (χ0v) is 10.2. The van der Waals surface area contributed by atoms with E-state index in [4.69, 9.17) is 9.26 Å². The zero-order valence-electron chi connectivity index (χ0n) is 9.40. The van der Waals surface area contributed by atoms with Crippen molar-refractivity contribution in [3.63, 3.8) is 0 Å². The summed E-state index contributed by atoms with van der Waals surface area (Å²) in [6, 6.07) is 3.54. The molecule has 3 heterocycles. The molecule has 0 unspecified atom stereocenters. The van der Waals surface area contributed by atoms with Crippen LogP contribution < -0.4 is 4.74 Å². The number of methoxy groups -OCH3 is 1. The summed E-state index contributed by atoms with van der Waals surface area (Å²) in [6.45, 7) is 0. The first-order valence-electron chi connectivity index (χ1n) is 5.09. The van der Waals surface area contributed by atoms with Crippen molar-refractivity contribution in [1.82, 2.24) is 20.1 Å². The van der Waals surface area contributed by atoms with Crippen molar-refractivity contribution in [3.05, 3.63) is 29.2 Å². The first-order valence-corrected chi connectivity index (χ1v) is 6.04. The highest BCUT2D eigenvalue weighted by atomic mass is 32.1. The van der Waals surface area contributed by atoms with Gasteiger partial charge in [-0.3, -0.25) is 0 Å². The SMILES string of the molecule is COc1cc(-c2noc(-c3cscn3)n2)ccn1. The molecule has 6 nitrogen and oxygen atoms in total. The van der Waals surface area contributed by atoms with E-state index < -0.39 is 0 Å². The van der Waals surface area contributed by atoms with Gasteiger partial charge in [0, 0.05) is 23.2 Å². The van der Waals surface area contributed by atoms with Crippen LogP contribution >= 0.6 is 11.3 Å². The molecular formula is C11H8N4O2S. The lowest BCUT2D eigenvalue weighted by Crippen LogP contribution is -1.88. The Hall–Kier alpha value is -2.28. The number of thiazole rings is 1. The number of hydrogen-bond donors (Lipinski definition) is 0. The van der Waals surface area contributed by atoms with Crippen LogP contribution in [0.25, 0.3) is 23.0 Å². The normalized spacial score (nSPS) is 10.5. The molecule has 3 rings (SSSR count). The molecule has 0 radical (unpaired) electrons. The fraction of sp³-hybridized carbons (Fsp3) is 0.0909. The molecule has 0 N–H and O–H groups in total. The summed E-state index contributed by atoms with van der Waals surface area (Å²) < 4.78 is 10.2. The molecule has 3 aromatic rings.